The highest BCUT2D eigenvalue weighted by atomic mass is 15.5. The second-order valence-corrected chi connectivity index (χ2v) is 1.70. The summed E-state index contributed by atoms with van der Waals surface area (Å²) in [4.78, 5) is 0. The van der Waals surface area contributed by atoms with Crippen molar-refractivity contribution in [3.63, 3.8) is 0 Å². The van der Waals surface area contributed by atoms with Gasteiger partial charge >= 0.3 is 0 Å². The van der Waals surface area contributed by atoms with Gasteiger partial charge in [-0.2, -0.15) is 11.1 Å². The number of rotatable bonds is 2. The topological polar surface area (TPSA) is 148 Å². The van der Waals surface area contributed by atoms with Crippen LogP contribution in [0.1, 0.15) is 0 Å². The largest absolute Gasteiger partial charge is 0.258 e. The fourth-order valence-corrected chi connectivity index (χ4v) is 0.0833. The molecule has 0 bridgehead atoms. The highest BCUT2D eigenvalue weighted by molar-refractivity contribution is 5.53. The lowest BCUT2D eigenvalue weighted by atomic mass is 10.7. The first-order valence-corrected chi connectivity index (χ1v) is 4.31. The van der Waals surface area contributed by atoms with Crippen molar-refractivity contribution >= 4 is 11.7 Å². The molecular weight excluding hydrogens is 232 g/mol. The van der Waals surface area contributed by atoms with Gasteiger partial charge in [0, 0.05) is 12.2 Å². The third kappa shape index (κ3) is 158. The van der Waals surface area contributed by atoms with Crippen LogP contribution in [0.3, 0.4) is 0 Å². The van der Waals surface area contributed by atoms with Crippen molar-refractivity contribution in [2.45, 2.75) is 0 Å². The van der Waals surface area contributed by atoms with E-state index in [4.69, 9.17) is 10.8 Å². The van der Waals surface area contributed by atoms with Crippen LogP contribution in [0.2, 0.25) is 0 Å². The molecule has 0 aromatic heterocycles. The first kappa shape index (κ1) is 24.8. The zero-order chi connectivity index (χ0) is 15.1. The molecule has 18 heavy (non-hydrogen) atoms. The van der Waals surface area contributed by atoms with Gasteiger partial charge in [-0.1, -0.05) is 11.8 Å². The molecule has 8 heteroatoms. The SMILES string of the molecule is C#CC=C=N.C#CC=C=N.CNNN.CNNN. The molecule has 100 valence electrons. The molecular formula is C10H20N8. The van der Waals surface area contributed by atoms with Crippen LogP contribution in [0.25, 0.3) is 0 Å². The fourth-order valence-electron chi connectivity index (χ4n) is 0.0833. The maximum absolute atomic E-state index is 6.15. The molecule has 0 spiro atoms. The molecule has 0 aliphatic rings. The number of terminal acetylenes is 2. The molecule has 0 radical (unpaired) electrons. The molecule has 0 aromatic carbocycles. The molecule has 10 N–H and O–H groups in total. The molecule has 0 unspecified atom stereocenters. The minimum atomic E-state index is 1.19. The Labute approximate surface area is 108 Å². The van der Waals surface area contributed by atoms with E-state index in [-0.39, 0.29) is 0 Å². The van der Waals surface area contributed by atoms with Crippen molar-refractivity contribution in [3.8, 4) is 24.7 Å². The van der Waals surface area contributed by atoms with Gasteiger partial charge in [0.25, 0.3) is 0 Å². The number of nitrogens with two attached hydrogens (primary N) is 2. The lowest BCUT2D eigenvalue weighted by Gasteiger charge is -1.82. The monoisotopic (exact) mass is 252 g/mol. The van der Waals surface area contributed by atoms with Crippen LogP contribution in [-0.2, 0) is 0 Å². The van der Waals surface area contributed by atoms with Crippen LogP contribution < -0.4 is 33.6 Å². The smallest absolute Gasteiger partial charge is 0.0488 e. The van der Waals surface area contributed by atoms with Crippen molar-refractivity contribution in [1.82, 2.24) is 21.9 Å². The van der Waals surface area contributed by atoms with Crippen LogP contribution >= 0.6 is 0 Å². The van der Waals surface area contributed by atoms with Crippen LogP contribution in [0, 0.1) is 35.5 Å². The Bertz CT molecular complexity index is 263. The Morgan fingerprint density at radius 2 is 1.11 bits per heavy atom. The minimum absolute atomic E-state index is 1.19. The van der Waals surface area contributed by atoms with Gasteiger partial charge in [-0.25, -0.2) is 10.9 Å². The molecule has 0 heterocycles. The quantitative estimate of drug-likeness (QED) is 0.124. The van der Waals surface area contributed by atoms with Gasteiger partial charge in [-0.05, 0) is 25.8 Å². The molecule has 0 aliphatic carbocycles. The third-order valence-corrected chi connectivity index (χ3v) is 0.600. The van der Waals surface area contributed by atoms with Crippen molar-refractivity contribution in [3.05, 3.63) is 12.2 Å². The van der Waals surface area contributed by atoms with Gasteiger partial charge in [-0.15, -0.1) is 12.8 Å². The zero-order valence-electron chi connectivity index (χ0n) is 10.5. The van der Waals surface area contributed by atoms with Crippen LogP contribution in [0.15, 0.2) is 12.2 Å². The van der Waals surface area contributed by atoms with Gasteiger partial charge < -0.3 is 0 Å². The van der Waals surface area contributed by atoms with Crippen LogP contribution in [0.4, 0.5) is 0 Å². The zero-order valence-corrected chi connectivity index (χ0v) is 10.5. The van der Waals surface area contributed by atoms with Gasteiger partial charge in [0.05, 0.1) is 0 Å². The molecule has 0 rings (SSSR count). The van der Waals surface area contributed by atoms with E-state index in [1.807, 2.05) is 11.7 Å². The first-order chi connectivity index (χ1) is 8.66. The summed E-state index contributed by atoms with van der Waals surface area (Å²) in [5, 5.41) is 12.3. The highest BCUT2D eigenvalue weighted by Gasteiger charge is 1.43. The molecule has 0 saturated carbocycles. The highest BCUT2D eigenvalue weighted by Crippen LogP contribution is 1.41. The van der Waals surface area contributed by atoms with Crippen LogP contribution in [-0.4, -0.2) is 25.8 Å². The summed E-state index contributed by atoms with van der Waals surface area (Å²) in [5.41, 5.74) is 9.28. The summed E-state index contributed by atoms with van der Waals surface area (Å²) in [6.07, 6.45) is 11.7. The molecule has 0 fully saturated rings. The lowest BCUT2D eigenvalue weighted by Crippen LogP contribution is -2.33. The normalized spacial score (nSPS) is 5.44. The fraction of sp³-hybridized carbons (Fsp3) is 0.200. The predicted octanol–water partition coefficient (Wildman–Crippen LogP) is -1.98. The second kappa shape index (κ2) is 46.4. The average Bonchev–Trinajstić information content (AvgIpc) is 2.42. The Hall–Kier alpha value is -2.22. The summed E-state index contributed by atoms with van der Waals surface area (Å²) in [7, 11) is 3.39. The molecule has 0 saturated heterocycles. The van der Waals surface area contributed by atoms with E-state index < -0.39 is 0 Å². The summed E-state index contributed by atoms with van der Waals surface area (Å²) in [6, 6.07) is 0. The van der Waals surface area contributed by atoms with Crippen molar-refractivity contribution in [1.29, 1.82) is 10.8 Å². The molecule has 0 aliphatic heterocycles. The number of nitrogens with one attached hydrogen (secondary N) is 6. The average molecular weight is 252 g/mol. The standard InChI is InChI=1S/2C4H3N.2CH7N3/c2*1-2-3-4-5;2*1-3-4-2/h2*1,3,5H;2*3-4H,2H2,1H3. The maximum atomic E-state index is 6.15. The van der Waals surface area contributed by atoms with Crippen molar-refractivity contribution in [2.75, 3.05) is 14.1 Å². The van der Waals surface area contributed by atoms with Crippen LogP contribution in [0.5, 0.6) is 0 Å². The van der Waals surface area contributed by atoms with E-state index in [0.29, 0.717) is 0 Å². The molecule has 0 amide bonds. The third-order valence-electron chi connectivity index (χ3n) is 0.600. The summed E-state index contributed by atoms with van der Waals surface area (Å²) in [5.74, 6) is 17.3. The van der Waals surface area contributed by atoms with Gasteiger partial charge in [0.1, 0.15) is 0 Å². The second-order valence-electron chi connectivity index (χ2n) is 1.70. The van der Waals surface area contributed by atoms with Gasteiger partial charge in [0.2, 0.25) is 0 Å². The number of hydrogen-bond acceptors (Lipinski definition) is 8. The Morgan fingerprint density at radius 3 is 1.11 bits per heavy atom. The summed E-state index contributed by atoms with van der Waals surface area (Å²) >= 11 is 0. The van der Waals surface area contributed by atoms with E-state index in [1.165, 1.54) is 12.2 Å². The number of hydrogen-bond donors (Lipinski definition) is 8. The number of allylic oxidation sites excluding steroid dienone is 2. The van der Waals surface area contributed by atoms with E-state index in [2.05, 4.69) is 58.3 Å². The van der Waals surface area contributed by atoms with Gasteiger partial charge in [0.15, 0.2) is 0 Å². The van der Waals surface area contributed by atoms with E-state index in [9.17, 15) is 0 Å². The Balaban J connectivity index is -0.0000000731. The van der Waals surface area contributed by atoms with Gasteiger partial charge in [-0.3, -0.25) is 22.5 Å². The Morgan fingerprint density at radius 1 is 0.889 bits per heavy atom. The minimum Gasteiger partial charge on any atom is -0.258 e. The van der Waals surface area contributed by atoms with E-state index in [1.54, 1.807) is 14.1 Å². The first-order valence-electron chi connectivity index (χ1n) is 4.31. The van der Waals surface area contributed by atoms with E-state index >= 15 is 0 Å². The van der Waals surface area contributed by atoms with Crippen molar-refractivity contribution < 1.29 is 0 Å². The molecule has 0 aromatic rings. The summed E-state index contributed by atoms with van der Waals surface area (Å²) in [6.45, 7) is 0. The summed E-state index contributed by atoms with van der Waals surface area (Å²) < 4.78 is 0. The maximum Gasteiger partial charge on any atom is 0.0488 e. The van der Waals surface area contributed by atoms with E-state index in [0.717, 1.165) is 0 Å². The predicted molar refractivity (Wildman–Crippen MR) is 75.0 cm³/mol. The van der Waals surface area contributed by atoms with Crippen molar-refractivity contribution in [2.24, 2.45) is 11.7 Å². The Kier molecular flexibility index (Phi) is 64.0. The number of hydrazine groups is 4. The molecule has 0 atom stereocenters. The molecule has 8 nitrogen and oxygen atoms in total. The lowest BCUT2D eigenvalue weighted by molar-refractivity contribution is 0.630.